The van der Waals surface area contributed by atoms with Crippen molar-refractivity contribution >= 4 is 27.4 Å². The molecule has 1 aromatic heterocycles. The van der Waals surface area contributed by atoms with Crippen LogP contribution in [-0.4, -0.2) is 18.2 Å². The second-order valence-electron chi connectivity index (χ2n) is 3.48. The summed E-state index contributed by atoms with van der Waals surface area (Å²) in [6.07, 6.45) is -4.45. The first-order chi connectivity index (χ1) is 8.34. The summed E-state index contributed by atoms with van der Waals surface area (Å²) in [6, 6.07) is 3.05. The Morgan fingerprint density at radius 3 is 2.56 bits per heavy atom. The van der Waals surface area contributed by atoms with E-state index in [1.165, 1.54) is 13.2 Å². The molecule has 96 valence electrons. The molecule has 0 aliphatic rings. The van der Waals surface area contributed by atoms with Gasteiger partial charge in [0.15, 0.2) is 10.6 Å². The number of carboxylic acid groups (broad SMARTS) is 1. The van der Waals surface area contributed by atoms with Crippen molar-refractivity contribution in [1.82, 2.24) is 0 Å². The van der Waals surface area contributed by atoms with Crippen molar-refractivity contribution in [2.45, 2.75) is 6.18 Å². The summed E-state index contributed by atoms with van der Waals surface area (Å²) < 4.78 is 42.7. The van der Waals surface area contributed by atoms with E-state index in [1.54, 1.807) is 0 Å². The van der Waals surface area contributed by atoms with Gasteiger partial charge in [-0.1, -0.05) is 0 Å². The van der Waals surface area contributed by atoms with Crippen LogP contribution < -0.4 is 4.74 Å². The van der Waals surface area contributed by atoms with Crippen LogP contribution in [0.15, 0.2) is 18.2 Å². The topological polar surface area (TPSA) is 46.5 Å². The Hall–Kier alpha value is -1.76. The Morgan fingerprint density at radius 1 is 1.39 bits per heavy atom. The molecule has 0 aliphatic carbocycles. The molecule has 3 nitrogen and oxygen atoms in total. The number of halogens is 3. The molecular formula is C11H7F3O3S. The molecule has 0 spiro atoms. The molecule has 0 aliphatic heterocycles. The number of rotatable bonds is 2. The first-order valence-electron chi connectivity index (χ1n) is 4.75. The summed E-state index contributed by atoms with van der Waals surface area (Å²) in [4.78, 5) is 10.8. The Balaban J connectivity index is 2.69. The molecule has 0 bridgehead atoms. The minimum atomic E-state index is -4.45. The van der Waals surface area contributed by atoms with Gasteiger partial charge in [0.2, 0.25) is 0 Å². The Bertz CT molecular complexity index is 616. The average Bonchev–Trinajstić information content (AvgIpc) is 2.65. The van der Waals surface area contributed by atoms with E-state index in [9.17, 15) is 18.0 Å². The van der Waals surface area contributed by atoms with E-state index in [2.05, 4.69) is 0 Å². The third-order valence-corrected chi connectivity index (χ3v) is 3.49. The van der Waals surface area contributed by atoms with E-state index in [-0.39, 0.29) is 15.3 Å². The van der Waals surface area contributed by atoms with Crippen LogP contribution in [-0.2, 0) is 6.18 Å². The largest absolute Gasteiger partial charge is 0.494 e. The lowest BCUT2D eigenvalue weighted by Gasteiger charge is -2.06. The summed E-state index contributed by atoms with van der Waals surface area (Å²) in [5.74, 6) is -1.13. The van der Waals surface area contributed by atoms with Crippen LogP contribution in [0.1, 0.15) is 15.2 Å². The van der Waals surface area contributed by atoms with Gasteiger partial charge in [-0.3, -0.25) is 0 Å². The molecule has 2 rings (SSSR count). The van der Waals surface area contributed by atoms with Crippen LogP contribution in [0.4, 0.5) is 13.2 Å². The molecule has 7 heteroatoms. The van der Waals surface area contributed by atoms with Crippen LogP contribution >= 0.6 is 11.3 Å². The summed E-state index contributed by atoms with van der Waals surface area (Å²) in [5.41, 5.74) is -0.809. The predicted octanol–water partition coefficient (Wildman–Crippen LogP) is 3.63. The van der Waals surface area contributed by atoms with Crippen molar-refractivity contribution in [2.75, 3.05) is 7.11 Å². The number of hydrogen-bond acceptors (Lipinski definition) is 3. The highest BCUT2D eigenvalue weighted by atomic mass is 32.1. The van der Waals surface area contributed by atoms with Crippen LogP contribution in [0, 0.1) is 0 Å². The fourth-order valence-electron chi connectivity index (χ4n) is 1.59. The maximum Gasteiger partial charge on any atom is 0.416 e. The quantitative estimate of drug-likeness (QED) is 0.911. The molecule has 18 heavy (non-hydrogen) atoms. The number of thiophene rings is 1. The molecule has 0 unspecified atom stereocenters. The fourth-order valence-corrected chi connectivity index (χ4v) is 2.64. The van der Waals surface area contributed by atoms with Gasteiger partial charge >= 0.3 is 12.1 Å². The summed E-state index contributed by atoms with van der Waals surface area (Å²) >= 11 is 0.762. The first-order valence-corrected chi connectivity index (χ1v) is 5.57. The third-order valence-electron chi connectivity index (χ3n) is 2.37. The van der Waals surface area contributed by atoms with E-state index in [4.69, 9.17) is 9.84 Å². The number of carboxylic acids is 1. The lowest BCUT2D eigenvalue weighted by atomic mass is 10.1. The van der Waals surface area contributed by atoms with Gasteiger partial charge in [0.1, 0.15) is 0 Å². The second kappa shape index (κ2) is 4.16. The van der Waals surface area contributed by atoms with Crippen molar-refractivity contribution < 1.29 is 27.8 Å². The minimum Gasteiger partial charge on any atom is -0.494 e. The molecule has 1 aromatic carbocycles. The number of alkyl halides is 3. The average molecular weight is 276 g/mol. The van der Waals surface area contributed by atoms with Crippen molar-refractivity contribution in [3.63, 3.8) is 0 Å². The lowest BCUT2D eigenvalue weighted by Crippen LogP contribution is -2.03. The third kappa shape index (κ3) is 2.01. The number of ether oxygens (including phenoxy) is 1. The predicted molar refractivity (Wildman–Crippen MR) is 60.3 cm³/mol. The molecule has 1 N–H and O–H groups in total. The fraction of sp³-hybridized carbons (Fsp3) is 0.182. The number of carbonyl (C=O) groups is 1. The van der Waals surface area contributed by atoms with Crippen molar-refractivity contribution in [3.8, 4) is 5.75 Å². The number of fused-ring (bicyclic) bond motifs is 1. The van der Waals surface area contributed by atoms with Gasteiger partial charge in [0.25, 0.3) is 0 Å². The molecule has 0 amide bonds. The monoisotopic (exact) mass is 276 g/mol. The maximum atomic E-state index is 12.5. The van der Waals surface area contributed by atoms with E-state index in [0.29, 0.717) is 5.39 Å². The van der Waals surface area contributed by atoms with Gasteiger partial charge < -0.3 is 9.84 Å². The van der Waals surface area contributed by atoms with Crippen LogP contribution in [0.2, 0.25) is 0 Å². The van der Waals surface area contributed by atoms with Gasteiger partial charge in [-0.15, -0.1) is 11.3 Å². The Labute approximate surface area is 103 Å². The van der Waals surface area contributed by atoms with E-state index >= 15 is 0 Å². The normalized spacial score (nSPS) is 11.8. The van der Waals surface area contributed by atoms with Crippen molar-refractivity contribution in [1.29, 1.82) is 0 Å². The number of methoxy groups -OCH3 is 1. The van der Waals surface area contributed by atoms with Crippen LogP contribution in [0.3, 0.4) is 0 Å². The molecule has 0 saturated heterocycles. The number of aromatic carboxylic acids is 1. The maximum absolute atomic E-state index is 12.5. The summed E-state index contributed by atoms with van der Waals surface area (Å²) in [5, 5.41) is 9.30. The Morgan fingerprint density at radius 2 is 2.06 bits per heavy atom. The van der Waals surface area contributed by atoms with E-state index < -0.39 is 17.7 Å². The van der Waals surface area contributed by atoms with Gasteiger partial charge in [-0.25, -0.2) is 4.79 Å². The second-order valence-corrected chi connectivity index (χ2v) is 4.53. The first kappa shape index (κ1) is 12.7. The summed E-state index contributed by atoms with van der Waals surface area (Å²) in [6.45, 7) is 0. The number of hydrogen-bond donors (Lipinski definition) is 1. The smallest absolute Gasteiger partial charge is 0.416 e. The molecular weight excluding hydrogens is 269 g/mol. The van der Waals surface area contributed by atoms with E-state index in [0.717, 1.165) is 23.5 Å². The molecule has 1 heterocycles. The molecule has 0 fully saturated rings. The highest BCUT2D eigenvalue weighted by molar-refractivity contribution is 7.21. The van der Waals surface area contributed by atoms with Gasteiger partial charge in [-0.05, 0) is 18.2 Å². The van der Waals surface area contributed by atoms with Crippen LogP contribution in [0.5, 0.6) is 5.75 Å². The zero-order chi connectivity index (χ0) is 13.5. The van der Waals surface area contributed by atoms with Gasteiger partial charge in [0.05, 0.1) is 12.7 Å². The minimum absolute atomic E-state index is 0.0937. The molecule has 0 radical (unpaired) electrons. The Kier molecular flexibility index (Phi) is 2.94. The highest BCUT2D eigenvalue weighted by Crippen LogP contribution is 2.40. The molecule has 2 aromatic rings. The van der Waals surface area contributed by atoms with Gasteiger partial charge in [0, 0.05) is 10.1 Å². The lowest BCUT2D eigenvalue weighted by molar-refractivity contribution is -0.137. The van der Waals surface area contributed by atoms with Crippen molar-refractivity contribution in [2.24, 2.45) is 0 Å². The molecule has 0 atom stereocenters. The SMILES string of the molecule is COc1c(C(=O)O)sc2cc(C(F)(F)F)ccc12. The zero-order valence-electron chi connectivity index (χ0n) is 9.04. The molecule has 0 saturated carbocycles. The zero-order valence-corrected chi connectivity index (χ0v) is 9.85. The standard InChI is InChI=1S/C11H7F3O3S/c1-17-8-6-3-2-5(11(12,13)14)4-7(6)18-9(8)10(15)16/h2-4H,1H3,(H,15,16). The highest BCUT2D eigenvalue weighted by Gasteiger charge is 2.31. The van der Waals surface area contributed by atoms with Gasteiger partial charge in [-0.2, -0.15) is 13.2 Å². The van der Waals surface area contributed by atoms with E-state index in [1.807, 2.05) is 0 Å². The van der Waals surface area contributed by atoms with Crippen molar-refractivity contribution in [3.05, 3.63) is 28.6 Å². The number of benzene rings is 1. The summed E-state index contributed by atoms with van der Waals surface area (Å²) in [7, 11) is 1.28. The van der Waals surface area contributed by atoms with Crippen LogP contribution in [0.25, 0.3) is 10.1 Å².